The number of benzene rings is 2. The normalized spacial score (nSPS) is 10.7. The van der Waals surface area contributed by atoms with Gasteiger partial charge in [0.2, 0.25) is 0 Å². The van der Waals surface area contributed by atoms with E-state index in [0.717, 1.165) is 15.8 Å². The van der Waals surface area contributed by atoms with Gasteiger partial charge in [-0.15, -0.1) is 0 Å². The van der Waals surface area contributed by atoms with Crippen molar-refractivity contribution in [1.29, 1.82) is 0 Å². The highest BCUT2D eigenvalue weighted by molar-refractivity contribution is 7.22. The maximum Gasteiger partial charge on any atom is 0.264 e. The molecule has 0 aliphatic rings. The molecule has 0 aliphatic carbocycles. The van der Waals surface area contributed by atoms with Gasteiger partial charge in [-0.2, -0.15) is 0 Å². The Hall–Kier alpha value is -3.65. The van der Waals surface area contributed by atoms with Gasteiger partial charge in [0.05, 0.1) is 37.6 Å². The van der Waals surface area contributed by atoms with E-state index in [0.29, 0.717) is 41.1 Å². The number of methoxy groups -OCH3 is 2. The van der Waals surface area contributed by atoms with Gasteiger partial charge >= 0.3 is 0 Å². The number of carbonyl (C=O) groups excluding carboxylic acids is 1. The lowest BCUT2D eigenvalue weighted by molar-refractivity contribution is 0.0981. The number of amides is 1. The minimum absolute atomic E-state index is 0.249. The molecule has 8 heteroatoms. The van der Waals surface area contributed by atoms with Crippen LogP contribution in [0.5, 0.6) is 17.2 Å². The number of aromatic nitrogens is 2. The zero-order chi connectivity index (χ0) is 22.5. The topological polar surface area (TPSA) is 73.8 Å². The van der Waals surface area contributed by atoms with Gasteiger partial charge < -0.3 is 14.2 Å². The Labute approximate surface area is 190 Å². The van der Waals surface area contributed by atoms with Crippen LogP contribution < -0.4 is 19.1 Å². The quantitative estimate of drug-likeness (QED) is 0.379. The van der Waals surface area contributed by atoms with Gasteiger partial charge in [-0.1, -0.05) is 23.5 Å². The molecule has 32 heavy (non-hydrogen) atoms. The van der Waals surface area contributed by atoms with Crippen molar-refractivity contribution in [3.8, 4) is 17.2 Å². The summed E-state index contributed by atoms with van der Waals surface area (Å²) in [5.74, 6) is 1.48. The molecule has 0 unspecified atom stereocenters. The van der Waals surface area contributed by atoms with Crippen molar-refractivity contribution in [1.82, 2.24) is 9.97 Å². The highest BCUT2D eigenvalue weighted by Crippen LogP contribution is 2.36. The number of thiazole rings is 1. The molecule has 0 fully saturated rings. The van der Waals surface area contributed by atoms with Crippen LogP contribution in [-0.4, -0.2) is 36.7 Å². The van der Waals surface area contributed by atoms with Crippen LogP contribution in [0, 0.1) is 0 Å². The molecule has 0 aliphatic heterocycles. The first-order valence-electron chi connectivity index (χ1n) is 10.1. The number of rotatable bonds is 8. The van der Waals surface area contributed by atoms with Crippen LogP contribution in [0.25, 0.3) is 10.2 Å². The van der Waals surface area contributed by atoms with Crippen LogP contribution in [-0.2, 0) is 6.54 Å². The van der Waals surface area contributed by atoms with E-state index in [2.05, 4.69) is 4.98 Å². The first-order valence-corrected chi connectivity index (χ1v) is 10.9. The number of carbonyl (C=O) groups is 1. The third kappa shape index (κ3) is 4.36. The van der Waals surface area contributed by atoms with Crippen LogP contribution in [0.3, 0.4) is 0 Å². The van der Waals surface area contributed by atoms with Crippen molar-refractivity contribution in [2.24, 2.45) is 0 Å². The zero-order valence-electron chi connectivity index (χ0n) is 18.1. The lowest BCUT2D eigenvalue weighted by Gasteiger charge is -2.21. The predicted octanol–water partition coefficient (Wildman–Crippen LogP) is 4.95. The van der Waals surface area contributed by atoms with Gasteiger partial charge in [0.25, 0.3) is 5.91 Å². The van der Waals surface area contributed by atoms with Crippen molar-refractivity contribution < 1.29 is 19.0 Å². The Morgan fingerprint density at radius 1 is 1.06 bits per heavy atom. The second-order valence-electron chi connectivity index (χ2n) is 6.85. The Balaban J connectivity index is 1.82. The largest absolute Gasteiger partial charge is 0.497 e. The van der Waals surface area contributed by atoms with Gasteiger partial charge in [-0.3, -0.25) is 14.7 Å². The fourth-order valence-electron chi connectivity index (χ4n) is 3.33. The maximum absolute atomic E-state index is 13.8. The molecular formula is C24H23N3O4S. The summed E-state index contributed by atoms with van der Waals surface area (Å²) in [4.78, 5) is 24.4. The van der Waals surface area contributed by atoms with E-state index in [1.54, 1.807) is 42.6 Å². The molecule has 0 radical (unpaired) electrons. The molecule has 0 bridgehead atoms. The van der Waals surface area contributed by atoms with Crippen molar-refractivity contribution in [3.05, 3.63) is 72.1 Å². The van der Waals surface area contributed by atoms with E-state index < -0.39 is 0 Å². The third-order valence-electron chi connectivity index (χ3n) is 4.85. The molecule has 2 aromatic heterocycles. The van der Waals surface area contributed by atoms with Crippen LogP contribution in [0.15, 0.2) is 60.9 Å². The molecule has 0 saturated carbocycles. The molecule has 4 rings (SSSR count). The molecule has 0 atom stereocenters. The van der Waals surface area contributed by atoms with E-state index in [1.165, 1.54) is 18.4 Å². The maximum atomic E-state index is 13.8. The molecule has 2 aromatic carbocycles. The Morgan fingerprint density at radius 3 is 2.66 bits per heavy atom. The van der Waals surface area contributed by atoms with Crippen LogP contribution in [0.4, 0.5) is 5.13 Å². The molecule has 1 amide bonds. The van der Waals surface area contributed by atoms with Crippen LogP contribution in [0.2, 0.25) is 0 Å². The van der Waals surface area contributed by atoms with Crippen LogP contribution in [0.1, 0.15) is 22.8 Å². The standard InChI is InChI=1S/C24H23N3O4S/c1-4-31-20-8-5-9-21-22(20)26-24(32-21)27(15-16-7-6-12-25-14-16)23(28)18-13-17(29-2)10-11-19(18)30-3/h5-14H,4,15H2,1-3H3. The number of para-hydroxylation sites is 1. The number of ether oxygens (including phenoxy) is 3. The first kappa shape index (κ1) is 21.6. The number of pyridine rings is 1. The summed E-state index contributed by atoms with van der Waals surface area (Å²) in [5.41, 5.74) is 2.00. The van der Waals surface area contributed by atoms with Gasteiger partial charge in [0, 0.05) is 12.4 Å². The third-order valence-corrected chi connectivity index (χ3v) is 5.89. The summed E-state index contributed by atoms with van der Waals surface area (Å²) in [7, 11) is 3.10. The average Bonchev–Trinajstić information content (AvgIpc) is 3.27. The second-order valence-corrected chi connectivity index (χ2v) is 7.86. The van der Waals surface area contributed by atoms with E-state index in [1.807, 2.05) is 37.3 Å². The predicted molar refractivity (Wildman–Crippen MR) is 125 cm³/mol. The summed E-state index contributed by atoms with van der Waals surface area (Å²) in [6.45, 7) is 2.77. The molecular weight excluding hydrogens is 426 g/mol. The van der Waals surface area contributed by atoms with Gasteiger partial charge in [-0.05, 0) is 48.9 Å². The first-order chi connectivity index (χ1) is 15.6. The summed E-state index contributed by atoms with van der Waals surface area (Å²) in [6.07, 6.45) is 3.44. The van der Waals surface area contributed by atoms with Crippen molar-refractivity contribution in [2.45, 2.75) is 13.5 Å². The number of nitrogens with zero attached hydrogens (tertiary/aromatic N) is 3. The Morgan fingerprint density at radius 2 is 1.94 bits per heavy atom. The zero-order valence-corrected chi connectivity index (χ0v) is 18.9. The monoisotopic (exact) mass is 449 g/mol. The van der Waals surface area contributed by atoms with E-state index in [4.69, 9.17) is 19.2 Å². The van der Waals surface area contributed by atoms with Gasteiger partial charge in [0.1, 0.15) is 22.8 Å². The number of hydrogen-bond donors (Lipinski definition) is 0. The van der Waals surface area contributed by atoms with Gasteiger partial charge in [0.15, 0.2) is 5.13 Å². The number of anilines is 1. The SMILES string of the molecule is CCOc1cccc2sc(N(Cc3cccnc3)C(=O)c3cc(OC)ccc3OC)nc12. The number of fused-ring (bicyclic) bond motifs is 1. The lowest BCUT2D eigenvalue weighted by atomic mass is 10.1. The van der Waals surface area contributed by atoms with Crippen LogP contribution >= 0.6 is 11.3 Å². The highest BCUT2D eigenvalue weighted by atomic mass is 32.1. The summed E-state index contributed by atoms with van der Waals surface area (Å²) in [6, 6.07) is 14.7. The molecule has 7 nitrogen and oxygen atoms in total. The van der Waals surface area contributed by atoms with Crippen molar-refractivity contribution >= 4 is 32.6 Å². The molecule has 0 saturated heterocycles. The molecule has 0 spiro atoms. The second kappa shape index (κ2) is 9.65. The Kier molecular flexibility index (Phi) is 6.51. The summed E-state index contributed by atoms with van der Waals surface area (Å²) < 4.78 is 17.5. The van der Waals surface area contributed by atoms with E-state index >= 15 is 0 Å². The van der Waals surface area contributed by atoms with Crippen molar-refractivity contribution in [2.75, 3.05) is 25.7 Å². The minimum atomic E-state index is -0.249. The summed E-state index contributed by atoms with van der Waals surface area (Å²) in [5, 5.41) is 0.561. The Bertz CT molecular complexity index is 1230. The molecule has 164 valence electrons. The van der Waals surface area contributed by atoms with Gasteiger partial charge in [-0.25, -0.2) is 4.98 Å². The molecule has 0 N–H and O–H groups in total. The highest BCUT2D eigenvalue weighted by Gasteiger charge is 2.25. The molecule has 4 aromatic rings. The van der Waals surface area contributed by atoms with Crippen molar-refractivity contribution in [3.63, 3.8) is 0 Å². The number of hydrogen-bond acceptors (Lipinski definition) is 7. The molecule has 2 heterocycles. The van der Waals surface area contributed by atoms with E-state index in [-0.39, 0.29) is 5.91 Å². The minimum Gasteiger partial charge on any atom is -0.497 e. The fourth-order valence-corrected chi connectivity index (χ4v) is 4.31. The van der Waals surface area contributed by atoms with E-state index in [9.17, 15) is 4.79 Å². The average molecular weight is 450 g/mol. The summed E-state index contributed by atoms with van der Waals surface area (Å²) >= 11 is 1.43. The lowest BCUT2D eigenvalue weighted by Crippen LogP contribution is -2.30. The smallest absolute Gasteiger partial charge is 0.264 e. The fraction of sp³-hybridized carbons (Fsp3) is 0.208.